The largest absolute Gasteiger partial charge is 0.534 e. The van der Waals surface area contributed by atoms with E-state index >= 15 is 0 Å². The Morgan fingerprint density at radius 1 is 1.33 bits per heavy atom. The summed E-state index contributed by atoms with van der Waals surface area (Å²) in [5.74, 6) is -1.07. The van der Waals surface area contributed by atoms with Gasteiger partial charge in [-0.25, -0.2) is 4.99 Å². The van der Waals surface area contributed by atoms with Crippen molar-refractivity contribution < 1.29 is 30.6 Å². The fourth-order valence-electron chi connectivity index (χ4n) is 2.86. The smallest absolute Gasteiger partial charge is 0.355 e. The van der Waals surface area contributed by atoms with Gasteiger partial charge in [-0.05, 0) is 18.6 Å². The predicted octanol–water partition coefficient (Wildman–Crippen LogP) is 2.49. The van der Waals surface area contributed by atoms with E-state index in [0.29, 0.717) is 23.3 Å². The summed E-state index contributed by atoms with van der Waals surface area (Å²) in [7, 11) is -4.34. The van der Waals surface area contributed by atoms with Gasteiger partial charge >= 0.3 is 15.6 Å². The van der Waals surface area contributed by atoms with Crippen LogP contribution in [0.25, 0.3) is 5.57 Å². The van der Waals surface area contributed by atoms with Crippen LogP contribution in [0.15, 0.2) is 41.2 Å². The number of halogens is 3. The molecule has 0 fully saturated rings. The molecule has 1 aromatic rings. The van der Waals surface area contributed by atoms with Gasteiger partial charge in [0.15, 0.2) is 0 Å². The summed E-state index contributed by atoms with van der Waals surface area (Å²) in [6.45, 7) is 1.77. The van der Waals surface area contributed by atoms with Crippen LogP contribution in [0.4, 0.5) is 13.2 Å². The summed E-state index contributed by atoms with van der Waals surface area (Å²) in [6, 6.07) is 2.50. The van der Waals surface area contributed by atoms with Gasteiger partial charge < -0.3 is 9.08 Å². The Morgan fingerprint density at radius 2 is 2.04 bits per heavy atom. The van der Waals surface area contributed by atoms with Crippen molar-refractivity contribution in [3.63, 3.8) is 0 Å². The standard InChI is InChI=1S/C16H14F3N3O4S/c1-3-9-13-10(5-4-8-20-13)15(23)22(2)11-6-7-12(21-14(9)11)26-27(24,25)16(17,18)19/h4-8,11H,3H2,1-2H3. The molecule has 144 valence electrons. The molecule has 0 radical (unpaired) electrons. The predicted molar refractivity (Wildman–Crippen MR) is 90.0 cm³/mol. The van der Waals surface area contributed by atoms with E-state index in [1.165, 1.54) is 24.2 Å². The molecule has 27 heavy (non-hydrogen) atoms. The molecule has 2 aliphatic rings. The minimum Gasteiger partial charge on any atom is -0.355 e. The van der Waals surface area contributed by atoms with Crippen molar-refractivity contribution in [1.29, 1.82) is 0 Å². The first-order valence-electron chi connectivity index (χ1n) is 7.80. The Bertz CT molecular complexity index is 996. The third kappa shape index (κ3) is 3.22. The van der Waals surface area contributed by atoms with Crippen molar-refractivity contribution in [2.75, 3.05) is 7.05 Å². The average molecular weight is 401 g/mol. The van der Waals surface area contributed by atoms with Crippen molar-refractivity contribution in [2.24, 2.45) is 4.99 Å². The minimum absolute atomic E-state index is 0.209. The zero-order chi connectivity index (χ0) is 20.0. The molecule has 0 saturated heterocycles. The van der Waals surface area contributed by atoms with E-state index in [4.69, 9.17) is 0 Å². The number of pyridine rings is 1. The van der Waals surface area contributed by atoms with Gasteiger partial charge in [-0.1, -0.05) is 13.0 Å². The lowest BCUT2D eigenvalue weighted by Crippen LogP contribution is -2.38. The topological polar surface area (TPSA) is 88.9 Å². The van der Waals surface area contributed by atoms with Crippen molar-refractivity contribution >= 4 is 27.5 Å². The summed E-state index contributed by atoms with van der Waals surface area (Å²) in [5, 5.41) is 0. The number of aromatic nitrogens is 1. The molecule has 0 N–H and O–H groups in total. The van der Waals surface area contributed by atoms with Crippen LogP contribution in [-0.4, -0.2) is 48.7 Å². The van der Waals surface area contributed by atoms with Gasteiger partial charge in [-0.3, -0.25) is 9.78 Å². The Morgan fingerprint density at radius 3 is 2.67 bits per heavy atom. The Hall–Kier alpha value is -2.69. The lowest BCUT2D eigenvalue weighted by molar-refractivity contribution is -0.0504. The molecule has 3 rings (SSSR count). The highest BCUT2D eigenvalue weighted by molar-refractivity contribution is 7.88. The second kappa shape index (κ2) is 6.48. The molecule has 0 saturated carbocycles. The quantitative estimate of drug-likeness (QED) is 0.561. The van der Waals surface area contributed by atoms with E-state index in [1.54, 1.807) is 19.1 Å². The third-order valence-electron chi connectivity index (χ3n) is 4.13. The van der Waals surface area contributed by atoms with Crippen molar-refractivity contribution in [3.05, 3.63) is 47.4 Å². The summed E-state index contributed by atoms with van der Waals surface area (Å²) in [6.07, 6.45) is 4.21. The Labute approximate surface area is 153 Å². The minimum atomic E-state index is -5.85. The van der Waals surface area contributed by atoms with E-state index in [-0.39, 0.29) is 11.6 Å². The van der Waals surface area contributed by atoms with Gasteiger partial charge in [0.2, 0.25) is 5.90 Å². The van der Waals surface area contributed by atoms with Crippen LogP contribution < -0.4 is 0 Å². The van der Waals surface area contributed by atoms with E-state index in [0.717, 1.165) is 6.08 Å². The first-order chi connectivity index (χ1) is 12.6. The van der Waals surface area contributed by atoms with E-state index in [9.17, 15) is 26.4 Å². The number of aliphatic imine (C=N–C) groups is 1. The lowest BCUT2D eigenvalue weighted by Gasteiger charge is -2.27. The third-order valence-corrected chi connectivity index (χ3v) is 5.09. The first-order valence-corrected chi connectivity index (χ1v) is 9.21. The van der Waals surface area contributed by atoms with Crippen LogP contribution in [0.5, 0.6) is 0 Å². The summed E-state index contributed by atoms with van der Waals surface area (Å²) < 4.78 is 64.4. The van der Waals surface area contributed by atoms with Gasteiger partial charge in [0.05, 0.1) is 23.0 Å². The van der Waals surface area contributed by atoms with E-state index in [1.807, 2.05) is 0 Å². The van der Waals surface area contributed by atoms with Gasteiger partial charge in [0.1, 0.15) is 0 Å². The van der Waals surface area contributed by atoms with Crippen LogP contribution >= 0.6 is 0 Å². The molecule has 1 atom stereocenters. The SMILES string of the molecule is CCC1=C2N=C(OS(=O)(=O)C(F)(F)F)C=CC2N(C)C(=O)c2cccnc21. The first kappa shape index (κ1) is 19.1. The zero-order valence-corrected chi connectivity index (χ0v) is 15.0. The lowest BCUT2D eigenvalue weighted by atomic mass is 9.99. The number of nitrogens with zero attached hydrogens (tertiary/aromatic N) is 3. The van der Waals surface area contributed by atoms with Crippen molar-refractivity contribution in [1.82, 2.24) is 9.88 Å². The number of hydrogen-bond donors (Lipinski definition) is 0. The maximum absolute atomic E-state index is 12.7. The fraction of sp³-hybridized carbons (Fsp3) is 0.312. The second-order valence-corrected chi connectivity index (χ2v) is 7.31. The normalized spacial score (nSPS) is 20.0. The molecule has 1 amide bonds. The number of fused-ring (bicyclic) bond motifs is 2. The number of allylic oxidation sites excluding steroid dienone is 1. The van der Waals surface area contributed by atoms with Crippen molar-refractivity contribution in [2.45, 2.75) is 24.9 Å². The molecule has 1 aromatic heterocycles. The average Bonchev–Trinajstić information content (AvgIpc) is 2.68. The molecule has 0 aromatic carbocycles. The molecular weight excluding hydrogens is 387 g/mol. The molecule has 11 heteroatoms. The molecule has 1 unspecified atom stereocenters. The maximum atomic E-state index is 12.7. The number of carbonyl (C=O) groups is 1. The fourth-order valence-corrected chi connectivity index (χ4v) is 3.27. The molecule has 3 heterocycles. The number of dihydropyridines is 1. The van der Waals surface area contributed by atoms with Crippen LogP contribution in [0.1, 0.15) is 29.4 Å². The molecule has 0 aliphatic carbocycles. The van der Waals surface area contributed by atoms with Crippen LogP contribution in [0.3, 0.4) is 0 Å². The molecule has 7 nitrogen and oxygen atoms in total. The van der Waals surface area contributed by atoms with Crippen LogP contribution in [-0.2, 0) is 14.3 Å². The van der Waals surface area contributed by atoms with E-state index in [2.05, 4.69) is 14.2 Å². The molecule has 0 spiro atoms. The maximum Gasteiger partial charge on any atom is 0.534 e. The van der Waals surface area contributed by atoms with Gasteiger partial charge in [0, 0.05) is 24.9 Å². The summed E-state index contributed by atoms with van der Waals surface area (Å²) >= 11 is 0. The summed E-state index contributed by atoms with van der Waals surface area (Å²) in [4.78, 5) is 22.2. The van der Waals surface area contributed by atoms with Gasteiger partial charge in [0.25, 0.3) is 5.91 Å². The second-order valence-electron chi connectivity index (χ2n) is 5.77. The number of carbonyl (C=O) groups excluding carboxylic acids is 1. The van der Waals surface area contributed by atoms with Crippen LogP contribution in [0, 0.1) is 0 Å². The number of alkyl halides is 3. The van der Waals surface area contributed by atoms with Crippen LogP contribution in [0.2, 0.25) is 0 Å². The number of hydrogen-bond acceptors (Lipinski definition) is 6. The number of likely N-dealkylation sites (N-methyl/N-ethyl adjacent to an activating group) is 1. The Kier molecular flexibility index (Phi) is 4.58. The van der Waals surface area contributed by atoms with Gasteiger partial charge in [-0.2, -0.15) is 21.6 Å². The number of rotatable bonds is 2. The highest BCUT2D eigenvalue weighted by atomic mass is 32.2. The molecule has 0 bridgehead atoms. The monoisotopic (exact) mass is 401 g/mol. The number of amides is 1. The highest BCUT2D eigenvalue weighted by Gasteiger charge is 2.49. The molecular formula is C16H14F3N3O4S. The highest BCUT2D eigenvalue weighted by Crippen LogP contribution is 2.35. The molecule has 2 aliphatic heterocycles. The Balaban J connectivity index is 2.15. The summed E-state index contributed by atoms with van der Waals surface area (Å²) in [5.41, 5.74) is -4.17. The van der Waals surface area contributed by atoms with Crippen molar-refractivity contribution in [3.8, 4) is 0 Å². The zero-order valence-electron chi connectivity index (χ0n) is 14.2. The van der Waals surface area contributed by atoms with E-state index < -0.39 is 27.6 Å². The van der Waals surface area contributed by atoms with Gasteiger partial charge in [-0.15, -0.1) is 0 Å².